The van der Waals surface area contributed by atoms with Crippen LogP contribution in [0.1, 0.15) is 30.6 Å². The summed E-state index contributed by atoms with van der Waals surface area (Å²) in [5.74, 6) is -0.329. The number of nitrogens with zero attached hydrogens (tertiary/aromatic N) is 2. The van der Waals surface area contributed by atoms with Crippen molar-refractivity contribution in [2.45, 2.75) is 25.8 Å². The molecule has 0 saturated carbocycles. The Balaban J connectivity index is 2.10. The first-order chi connectivity index (χ1) is 9.72. The number of halogens is 1. The Bertz CT molecular complexity index is 585. The maximum absolute atomic E-state index is 12.9. The Labute approximate surface area is 118 Å². The Morgan fingerprint density at radius 2 is 2.00 bits per heavy atom. The molecular weight excluding hydrogens is 253 g/mol. The minimum atomic E-state index is -0.329. The molecule has 102 valence electrons. The molecular formula is C16H16FN3. The lowest BCUT2D eigenvalue weighted by molar-refractivity contribution is 0.614. The van der Waals surface area contributed by atoms with Crippen LogP contribution in [0.25, 0.3) is 0 Å². The summed E-state index contributed by atoms with van der Waals surface area (Å²) in [6.45, 7) is 2.05. The fraction of sp³-hybridized carbons (Fsp3) is 0.250. The van der Waals surface area contributed by atoms with E-state index in [1.807, 2.05) is 31.2 Å². The molecule has 2 aromatic rings. The highest BCUT2D eigenvalue weighted by Crippen LogP contribution is 2.21. The summed E-state index contributed by atoms with van der Waals surface area (Å²) < 4.78 is 12.9. The average molecular weight is 269 g/mol. The van der Waals surface area contributed by atoms with E-state index in [2.05, 4.69) is 16.4 Å². The predicted molar refractivity (Wildman–Crippen MR) is 76.6 cm³/mol. The van der Waals surface area contributed by atoms with Gasteiger partial charge in [0.25, 0.3) is 0 Å². The molecule has 1 heterocycles. The number of pyridine rings is 1. The normalized spacial score (nSPS) is 11.7. The SMILES string of the molecule is CCC(Nc1ccc(CC#N)cc1)c1ccc(F)cn1. The maximum Gasteiger partial charge on any atom is 0.141 e. The van der Waals surface area contributed by atoms with Gasteiger partial charge in [0.2, 0.25) is 0 Å². The number of nitrogens with one attached hydrogen (secondary N) is 1. The van der Waals surface area contributed by atoms with Crippen LogP contribution in [0.2, 0.25) is 0 Å². The fourth-order valence-corrected chi connectivity index (χ4v) is 1.99. The molecule has 0 amide bonds. The number of hydrogen-bond acceptors (Lipinski definition) is 3. The largest absolute Gasteiger partial charge is 0.377 e. The number of nitriles is 1. The van der Waals surface area contributed by atoms with Gasteiger partial charge in [0.05, 0.1) is 30.4 Å². The molecule has 0 fully saturated rings. The van der Waals surface area contributed by atoms with Gasteiger partial charge >= 0.3 is 0 Å². The molecule has 1 atom stereocenters. The van der Waals surface area contributed by atoms with Crippen LogP contribution in [0.5, 0.6) is 0 Å². The standard InChI is InChI=1S/C16H16FN3/c1-2-15(16-8-5-13(17)11-19-16)20-14-6-3-12(4-7-14)9-10-18/h3-8,11,15,20H,2,9H2,1H3. The van der Waals surface area contributed by atoms with Crippen molar-refractivity contribution in [3.8, 4) is 6.07 Å². The van der Waals surface area contributed by atoms with Crippen LogP contribution in [0, 0.1) is 17.1 Å². The average Bonchev–Trinajstić information content (AvgIpc) is 2.48. The third-order valence-corrected chi connectivity index (χ3v) is 3.09. The fourth-order valence-electron chi connectivity index (χ4n) is 1.99. The van der Waals surface area contributed by atoms with Gasteiger partial charge in [0.1, 0.15) is 5.82 Å². The monoisotopic (exact) mass is 269 g/mol. The first kappa shape index (κ1) is 14.0. The number of hydrogen-bond donors (Lipinski definition) is 1. The Kier molecular flexibility index (Phi) is 4.67. The van der Waals surface area contributed by atoms with Gasteiger partial charge in [0.15, 0.2) is 0 Å². The Morgan fingerprint density at radius 3 is 2.55 bits per heavy atom. The first-order valence-corrected chi connectivity index (χ1v) is 6.56. The molecule has 1 aromatic carbocycles. The van der Waals surface area contributed by atoms with E-state index < -0.39 is 0 Å². The second-order valence-corrected chi connectivity index (χ2v) is 4.54. The minimum Gasteiger partial charge on any atom is -0.377 e. The highest BCUT2D eigenvalue weighted by molar-refractivity contribution is 5.46. The highest BCUT2D eigenvalue weighted by Gasteiger charge is 2.10. The molecule has 0 radical (unpaired) electrons. The van der Waals surface area contributed by atoms with Gasteiger partial charge in [-0.2, -0.15) is 5.26 Å². The molecule has 20 heavy (non-hydrogen) atoms. The van der Waals surface area contributed by atoms with E-state index in [1.165, 1.54) is 12.3 Å². The lowest BCUT2D eigenvalue weighted by Gasteiger charge is -2.18. The van der Waals surface area contributed by atoms with Crippen molar-refractivity contribution >= 4 is 5.69 Å². The number of aromatic nitrogens is 1. The molecule has 0 spiro atoms. The summed E-state index contributed by atoms with van der Waals surface area (Å²) in [6.07, 6.45) is 2.49. The molecule has 1 N–H and O–H groups in total. The highest BCUT2D eigenvalue weighted by atomic mass is 19.1. The second kappa shape index (κ2) is 6.67. The van der Waals surface area contributed by atoms with Crippen LogP contribution in [0.3, 0.4) is 0 Å². The van der Waals surface area contributed by atoms with E-state index in [9.17, 15) is 4.39 Å². The number of anilines is 1. The summed E-state index contributed by atoms with van der Waals surface area (Å²) in [4.78, 5) is 4.11. The van der Waals surface area contributed by atoms with Gasteiger partial charge in [-0.05, 0) is 36.2 Å². The molecule has 0 aliphatic heterocycles. The molecule has 3 nitrogen and oxygen atoms in total. The molecule has 4 heteroatoms. The summed E-state index contributed by atoms with van der Waals surface area (Å²) in [5.41, 5.74) is 2.77. The minimum absolute atomic E-state index is 0.0393. The zero-order valence-corrected chi connectivity index (χ0v) is 11.3. The number of rotatable bonds is 5. The third kappa shape index (κ3) is 3.55. The second-order valence-electron chi connectivity index (χ2n) is 4.54. The summed E-state index contributed by atoms with van der Waals surface area (Å²) >= 11 is 0. The molecule has 0 bridgehead atoms. The Hall–Kier alpha value is -2.41. The van der Waals surface area contributed by atoms with Gasteiger partial charge in [0, 0.05) is 5.69 Å². The van der Waals surface area contributed by atoms with Crippen LogP contribution in [0.15, 0.2) is 42.6 Å². The summed E-state index contributed by atoms with van der Waals surface area (Å²) in [6, 6.07) is 13.0. The van der Waals surface area contributed by atoms with Crippen LogP contribution < -0.4 is 5.32 Å². The predicted octanol–water partition coefficient (Wildman–Crippen LogP) is 3.85. The quantitative estimate of drug-likeness (QED) is 0.896. The van der Waals surface area contributed by atoms with Gasteiger partial charge in [-0.3, -0.25) is 4.98 Å². The van der Waals surface area contributed by atoms with Crippen LogP contribution in [-0.2, 0) is 6.42 Å². The van der Waals surface area contributed by atoms with E-state index in [0.29, 0.717) is 6.42 Å². The lowest BCUT2D eigenvalue weighted by Crippen LogP contribution is -2.11. The molecule has 0 saturated heterocycles. The molecule has 1 unspecified atom stereocenters. The van der Waals surface area contributed by atoms with E-state index in [0.717, 1.165) is 23.4 Å². The third-order valence-electron chi connectivity index (χ3n) is 3.09. The van der Waals surface area contributed by atoms with Crippen molar-refractivity contribution in [1.29, 1.82) is 5.26 Å². The zero-order valence-electron chi connectivity index (χ0n) is 11.3. The van der Waals surface area contributed by atoms with Crippen molar-refractivity contribution in [3.05, 3.63) is 59.7 Å². The molecule has 2 rings (SSSR count). The molecule has 0 aliphatic rings. The van der Waals surface area contributed by atoms with Gasteiger partial charge in [-0.15, -0.1) is 0 Å². The van der Waals surface area contributed by atoms with E-state index in [-0.39, 0.29) is 11.9 Å². The Morgan fingerprint density at radius 1 is 1.25 bits per heavy atom. The lowest BCUT2D eigenvalue weighted by atomic mass is 10.1. The van der Waals surface area contributed by atoms with E-state index in [1.54, 1.807) is 6.07 Å². The van der Waals surface area contributed by atoms with Crippen LogP contribution in [-0.4, -0.2) is 4.98 Å². The van der Waals surface area contributed by atoms with Crippen molar-refractivity contribution in [2.24, 2.45) is 0 Å². The van der Waals surface area contributed by atoms with Crippen molar-refractivity contribution < 1.29 is 4.39 Å². The summed E-state index contributed by atoms with van der Waals surface area (Å²) in [7, 11) is 0. The van der Waals surface area contributed by atoms with E-state index in [4.69, 9.17) is 5.26 Å². The number of benzene rings is 1. The van der Waals surface area contributed by atoms with Gasteiger partial charge in [-0.1, -0.05) is 19.1 Å². The van der Waals surface area contributed by atoms with Crippen molar-refractivity contribution in [2.75, 3.05) is 5.32 Å². The molecule has 0 aliphatic carbocycles. The summed E-state index contributed by atoms with van der Waals surface area (Å²) in [5, 5.41) is 12.0. The van der Waals surface area contributed by atoms with E-state index >= 15 is 0 Å². The van der Waals surface area contributed by atoms with Gasteiger partial charge in [-0.25, -0.2) is 4.39 Å². The van der Waals surface area contributed by atoms with Crippen molar-refractivity contribution in [3.63, 3.8) is 0 Å². The first-order valence-electron chi connectivity index (χ1n) is 6.56. The van der Waals surface area contributed by atoms with Crippen molar-refractivity contribution in [1.82, 2.24) is 4.98 Å². The van der Waals surface area contributed by atoms with Crippen LogP contribution in [0.4, 0.5) is 10.1 Å². The molecule has 1 aromatic heterocycles. The topological polar surface area (TPSA) is 48.7 Å². The smallest absolute Gasteiger partial charge is 0.141 e. The van der Waals surface area contributed by atoms with Gasteiger partial charge < -0.3 is 5.32 Å². The zero-order chi connectivity index (χ0) is 14.4. The van der Waals surface area contributed by atoms with Crippen LogP contribution >= 0.6 is 0 Å². The maximum atomic E-state index is 12.9.